The number of ether oxygens (including phenoxy) is 4. The molecule has 1 atom stereocenters. The van der Waals surface area contributed by atoms with Gasteiger partial charge in [0.25, 0.3) is 5.91 Å². The molecule has 1 amide bonds. The molecule has 9 nitrogen and oxygen atoms in total. The second kappa shape index (κ2) is 11.1. The number of nitriles is 1. The van der Waals surface area contributed by atoms with Crippen LogP contribution in [0.5, 0.6) is 28.7 Å². The van der Waals surface area contributed by atoms with Crippen molar-refractivity contribution in [1.82, 2.24) is 4.90 Å². The van der Waals surface area contributed by atoms with Gasteiger partial charge < -0.3 is 23.8 Å². The summed E-state index contributed by atoms with van der Waals surface area (Å²) >= 11 is 0. The zero-order valence-electron chi connectivity index (χ0n) is 20.0. The van der Waals surface area contributed by atoms with Gasteiger partial charge in [0.1, 0.15) is 17.2 Å². The van der Waals surface area contributed by atoms with Gasteiger partial charge in [-0.3, -0.25) is 4.79 Å². The van der Waals surface area contributed by atoms with E-state index in [2.05, 4.69) is 16.1 Å². The van der Waals surface area contributed by atoms with Crippen LogP contribution in [-0.4, -0.2) is 50.5 Å². The van der Waals surface area contributed by atoms with E-state index in [0.29, 0.717) is 40.5 Å². The van der Waals surface area contributed by atoms with Gasteiger partial charge >= 0.3 is 6.02 Å². The molecule has 182 valence electrons. The molecule has 1 unspecified atom stereocenters. The summed E-state index contributed by atoms with van der Waals surface area (Å²) in [5.41, 5.74) is 0.823. The van der Waals surface area contributed by atoms with Gasteiger partial charge in [-0.15, -0.1) is 0 Å². The van der Waals surface area contributed by atoms with Crippen molar-refractivity contribution in [3.63, 3.8) is 0 Å². The number of carbonyl (C=O) groups is 1. The minimum absolute atomic E-state index is 0.0479. The highest BCUT2D eigenvalue weighted by Crippen LogP contribution is 2.33. The smallest absolute Gasteiger partial charge is 0.320 e. The van der Waals surface area contributed by atoms with E-state index < -0.39 is 6.23 Å². The van der Waals surface area contributed by atoms with Crippen LogP contribution in [0.25, 0.3) is 0 Å². The molecule has 36 heavy (non-hydrogen) atoms. The molecule has 0 aromatic heterocycles. The molecule has 3 aromatic carbocycles. The lowest BCUT2D eigenvalue weighted by molar-refractivity contribution is 0.0826. The highest BCUT2D eigenvalue weighted by atomic mass is 16.5. The van der Waals surface area contributed by atoms with E-state index in [1.165, 1.54) is 12.0 Å². The van der Waals surface area contributed by atoms with E-state index >= 15 is 0 Å². The van der Waals surface area contributed by atoms with Crippen LogP contribution in [0.4, 0.5) is 0 Å². The molecule has 0 fully saturated rings. The number of hydrogen-bond donors (Lipinski definition) is 0. The topological polar surface area (TPSA) is 106 Å². The largest absolute Gasteiger partial charge is 0.497 e. The fourth-order valence-corrected chi connectivity index (χ4v) is 3.31. The monoisotopic (exact) mass is 484 g/mol. The number of hydrogen-bond acceptors (Lipinski definition) is 8. The average Bonchev–Trinajstić information content (AvgIpc) is 2.89. The predicted molar refractivity (Wildman–Crippen MR) is 134 cm³/mol. The van der Waals surface area contributed by atoms with Gasteiger partial charge in [0.05, 0.1) is 18.7 Å². The van der Waals surface area contributed by atoms with Crippen LogP contribution in [0, 0.1) is 11.3 Å². The molecule has 0 spiro atoms. The molecule has 0 radical (unpaired) electrons. The van der Waals surface area contributed by atoms with Crippen LogP contribution < -0.4 is 18.9 Å². The first-order chi connectivity index (χ1) is 17.4. The van der Waals surface area contributed by atoms with Gasteiger partial charge in [-0.25, -0.2) is 4.99 Å². The van der Waals surface area contributed by atoms with E-state index in [1.807, 2.05) is 30.3 Å². The maximum absolute atomic E-state index is 12.4. The molecule has 0 saturated heterocycles. The maximum atomic E-state index is 12.4. The van der Waals surface area contributed by atoms with Crippen molar-refractivity contribution in [2.45, 2.75) is 12.6 Å². The lowest BCUT2D eigenvalue weighted by atomic mass is 10.2. The number of benzene rings is 3. The Morgan fingerprint density at radius 1 is 0.972 bits per heavy atom. The van der Waals surface area contributed by atoms with Crippen LogP contribution in [0.1, 0.15) is 22.3 Å². The molecule has 1 aliphatic heterocycles. The Morgan fingerprint density at radius 2 is 1.75 bits per heavy atom. The molecule has 0 N–H and O–H groups in total. The summed E-state index contributed by atoms with van der Waals surface area (Å²) in [7, 11) is 4.86. The summed E-state index contributed by atoms with van der Waals surface area (Å²) in [5.74, 6) is 2.03. The molecule has 0 aliphatic carbocycles. The summed E-state index contributed by atoms with van der Waals surface area (Å²) in [4.78, 5) is 22.6. The Hall–Kier alpha value is -4.84. The van der Waals surface area contributed by atoms with Gasteiger partial charge in [0.15, 0.2) is 17.7 Å². The first-order valence-corrected chi connectivity index (χ1v) is 11.1. The fourth-order valence-electron chi connectivity index (χ4n) is 3.31. The van der Waals surface area contributed by atoms with Crippen LogP contribution in [0.3, 0.4) is 0 Å². The molecular formula is C27H24N4O5. The van der Waals surface area contributed by atoms with Crippen LogP contribution in [-0.2, 0) is 0 Å². The first kappa shape index (κ1) is 24.3. The fraction of sp³-hybridized carbons (Fsp3) is 0.185. The predicted octanol–water partition coefficient (Wildman–Crippen LogP) is 4.68. The third kappa shape index (κ3) is 5.98. The summed E-state index contributed by atoms with van der Waals surface area (Å²) in [6.45, 7) is 0. The number of amidine groups is 1. The van der Waals surface area contributed by atoms with Crippen LogP contribution in [0.2, 0.25) is 0 Å². The number of methoxy groups -OCH3 is 1. The van der Waals surface area contributed by atoms with Crippen molar-refractivity contribution >= 4 is 18.1 Å². The Kier molecular flexibility index (Phi) is 7.46. The number of amides is 1. The molecule has 1 heterocycles. The first-order valence-electron chi connectivity index (χ1n) is 11.1. The van der Waals surface area contributed by atoms with Gasteiger partial charge in [-0.05, 0) is 36.4 Å². The molecule has 3 aromatic rings. The number of carbonyl (C=O) groups excluding carboxylic acids is 1. The summed E-state index contributed by atoms with van der Waals surface area (Å²) in [5, 5.41) is 9.33. The van der Waals surface area contributed by atoms with Crippen molar-refractivity contribution in [3.05, 3.63) is 77.9 Å². The Morgan fingerprint density at radius 3 is 2.47 bits per heavy atom. The average molecular weight is 485 g/mol. The molecule has 0 saturated carbocycles. The summed E-state index contributed by atoms with van der Waals surface area (Å²) in [6, 6.07) is 21.2. The number of nitrogens with zero attached hydrogens (tertiary/aromatic N) is 4. The van der Waals surface area contributed by atoms with Gasteiger partial charge in [0, 0.05) is 44.4 Å². The highest BCUT2D eigenvalue weighted by molar-refractivity contribution is 5.94. The Balaban J connectivity index is 1.56. The normalized spacial score (nSPS) is 14.3. The second-order valence-electron chi connectivity index (χ2n) is 7.92. The molecule has 9 heteroatoms. The van der Waals surface area contributed by atoms with E-state index in [9.17, 15) is 10.1 Å². The second-order valence-corrected chi connectivity index (χ2v) is 7.92. The van der Waals surface area contributed by atoms with Crippen molar-refractivity contribution < 1.29 is 23.7 Å². The molecule has 1 aliphatic rings. The number of para-hydroxylation sites is 1. The van der Waals surface area contributed by atoms with Gasteiger partial charge in [-0.1, -0.05) is 18.2 Å². The minimum Gasteiger partial charge on any atom is -0.497 e. The zero-order valence-corrected chi connectivity index (χ0v) is 20.0. The number of rotatable bonds is 7. The molecule has 0 bridgehead atoms. The van der Waals surface area contributed by atoms with Gasteiger partial charge in [0.2, 0.25) is 0 Å². The molecule has 4 rings (SSSR count). The van der Waals surface area contributed by atoms with Crippen LogP contribution in [0.15, 0.2) is 76.7 Å². The Labute approximate surface area is 208 Å². The minimum atomic E-state index is -0.649. The third-order valence-corrected chi connectivity index (χ3v) is 5.05. The van der Waals surface area contributed by atoms with Crippen molar-refractivity contribution in [3.8, 4) is 34.8 Å². The summed E-state index contributed by atoms with van der Waals surface area (Å²) in [6.07, 6.45) is 1.38. The van der Waals surface area contributed by atoms with Crippen molar-refractivity contribution in [1.29, 1.82) is 5.26 Å². The lowest BCUT2D eigenvalue weighted by Gasteiger charge is -2.19. The quantitative estimate of drug-likeness (QED) is 0.482. The zero-order chi connectivity index (χ0) is 25.5. The SMILES string of the molecule is COc1cc(OC2CC=NC(Oc3cc(C#N)ccc3Oc3ccccc3)=N2)cc(C(=O)N(C)C)c1. The van der Waals surface area contributed by atoms with Crippen LogP contribution >= 0.6 is 0 Å². The van der Waals surface area contributed by atoms with Gasteiger partial charge in [-0.2, -0.15) is 10.3 Å². The highest BCUT2D eigenvalue weighted by Gasteiger charge is 2.19. The third-order valence-electron chi connectivity index (χ3n) is 5.05. The molecular weight excluding hydrogens is 460 g/mol. The summed E-state index contributed by atoms with van der Waals surface area (Å²) < 4.78 is 23.2. The lowest BCUT2D eigenvalue weighted by Crippen LogP contribution is -2.24. The van der Waals surface area contributed by atoms with E-state index in [1.54, 1.807) is 56.7 Å². The number of aliphatic imine (C=N–C) groups is 2. The van der Waals surface area contributed by atoms with Crippen molar-refractivity contribution in [2.24, 2.45) is 9.98 Å². The van der Waals surface area contributed by atoms with E-state index in [0.717, 1.165) is 0 Å². The van der Waals surface area contributed by atoms with E-state index in [-0.39, 0.29) is 17.7 Å². The maximum Gasteiger partial charge on any atom is 0.320 e. The standard InChI is InChI=1S/C27H24N4O5/c1-31(2)26(32)19-14-21(33-3)16-22(15-19)35-25-11-12-29-27(30-25)36-24-13-18(17-28)9-10-23(24)34-20-7-5-4-6-8-20/h4-10,12-16,25H,11H2,1-3H3. The van der Waals surface area contributed by atoms with Crippen molar-refractivity contribution in [2.75, 3.05) is 21.2 Å². The Bertz CT molecular complexity index is 1350. The van der Waals surface area contributed by atoms with E-state index in [4.69, 9.17) is 18.9 Å².